The highest BCUT2D eigenvalue weighted by atomic mass is 35.5. The lowest BCUT2D eigenvalue weighted by molar-refractivity contribution is -0.310. The molecule has 0 bridgehead atoms. The number of hydrogen-bond acceptors (Lipinski definition) is 4. The topological polar surface area (TPSA) is 60.4 Å². The monoisotopic (exact) mass is 284 g/mol. The highest BCUT2D eigenvalue weighted by Crippen LogP contribution is 2.42. The molecule has 0 aliphatic carbocycles. The van der Waals surface area contributed by atoms with Crippen LogP contribution in [0.25, 0.3) is 0 Å². The van der Waals surface area contributed by atoms with Gasteiger partial charge >= 0.3 is 0 Å². The molecule has 1 saturated heterocycles. The summed E-state index contributed by atoms with van der Waals surface area (Å²) >= 11 is 7.46. The van der Waals surface area contributed by atoms with Crippen LogP contribution >= 0.6 is 23.4 Å². The summed E-state index contributed by atoms with van der Waals surface area (Å²) in [6, 6.07) is 6.16. The van der Waals surface area contributed by atoms with Crippen molar-refractivity contribution in [2.75, 3.05) is 5.75 Å². The Balaban J connectivity index is 2.35. The van der Waals surface area contributed by atoms with Crippen LogP contribution < -0.4 is 5.11 Å². The Kier molecular flexibility index (Phi) is 3.82. The van der Waals surface area contributed by atoms with Gasteiger partial charge in [-0.05, 0) is 13.0 Å². The molecule has 0 spiro atoms. The van der Waals surface area contributed by atoms with Crippen LogP contribution in [0.4, 0.5) is 0 Å². The van der Waals surface area contributed by atoms with Gasteiger partial charge in [-0.2, -0.15) is 0 Å². The van der Waals surface area contributed by atoms with E-state index in [1.807, 2.05) is 6.07 Å². The number of nitrogens with zero attached hydrogens (tertiary/aromatic N) is 1. The van der Waals surface area contributed by atoms with Crippen molar-refractivity contribution in [1.29, 1.82) is 0 Å². The summed E-state index contributed by atoms with van der Waals surface area (Å²) < 4.78 is 0. The zero-order valence-electron chi connectivity index (χ0n) is 9.63. The van der Waals surface area contributed by atoms with E-state index < -0.39 is 12.0 Å². The molecule has 4 nitrogen and oxygen atoms in total. The summed E-state index contributed by atoms with van der Waals surface area (Å²) in [6.07, 6.45) is 0. The lowest BCUT2D eigenvalue weighted by Crippen LogP contribution is -2.47. The fourth-order valence-corrected chi connectivity index (χ4v) is 3.48. The van der Waals surface area contributed by atoms with Gasteiger partial charge in [-0.1, -0.05) is 29.8 Å². The number of carboxylic acid groups (broad SMARTS) is 1. The fourth-order valence-electron chi connectivity index (χ4n) is 1.88. The van der Waals surface area contributed by atoms with Crippen molar-refractivity contribution in [3.63, 3.8) is 0 Å². The van der Waals surface area contributed by atoms with Crippen LogP contribution in [-0.2, 0) is 9.59 Å². The number of carbonyl (C=O) groups excluding carboxylic acids is 2. The quantitative estimate of drug-likeness (QED) is 0.832. The number of amides is 1. The third-order valence-corrected chi connectivity index (χ3v) is 4.39. The van der Waals surface area contributed by atoms with Gasteiger partial charge in [0.25, 0.3) is 0 Å². The number of carbonyl (C=O) groups is 2. The molecule has 0 N–H and O–H groups in total. The minimum atomic E-state index is -1.26. The molecule has 1 aliphatic heterocycles. The van der Waals surface area contributed by atoms with Crippen LogP contribution in [0.5, 0.6) is 0 Å². The van der Waals surface area contributed by atoms with Crippen LogP contribution in [0, 0.1) is 0 Å². The van der Waals surface area contributed by atoms with Gasteiger partial charge in [0.1, 0.15) is 5.37 Å². The van der Waals surface area contributed by atoms with Gasteiger partial charge in [0.05, 0.1) is 17.8 Å². The van der Waals surface area contributed by atoms with Crippen LogP contribution in [0.1, 0.15) is 17.9 Å². The van der Waals surface area contributed by atoms with E-state index in [0.717, 1.165) is 5.56 Å². The lowest BCUT2D eigenvalue weighted by atomic mass is 10.1. The number of hydrogen-bond donors (Lipinski definition) is 0. The number of benzene rings is 1. The largest absolute Gasteiger partial charge is 0.548 e. The lowest BCUT2D eigenvalue weighted by Gasteiger charge is -2.31. The van der Waals surface area contributed by atoms with E-state index in [-0.39, 0.29) is 17.0 Å². The van der Waals surface area contributed by atoms with Gasteiger partial charge in [0.2, 0.25) is 5.91 Å². The smallest absolute Gasteiger partial charge is 0.234 e. The van der Waals surface area contributed by atoms with Crippen molar-refractivity contribution in [2.24, 2.45) is 0 Å². The minimum Gasteiger partial charge on any atom is -0.548 e. The second-order valence-corrected chi connectivity index (χ2v) is 5.46. The molecule has 1 amide bonds. The molecule has 2 rings (SSSR count). The summed E-state index contributed by atoms with van der Waals surface area (Å²) in [6.45, 7) is 1.45. The van der Waals surface area contributed by atoms with E-state index in [9.17, 15) is 14.7 Å². The van der Waals surface area contributed by atoms with Crippen molar-refractivity contribution in [3.8, 4) is 0 Å². The maximum absolute atomic E-state index is 11.8. The van der Waals surface area contributed by atoms with Crippen molar-refractivity contribution in [1.82, 2.24) is 4.90 Å². The maximum atomic E-state index is 11.8. The zero-order chi connectivity index (χ0) is 13.3. The summed E-state index contributed by atoms with van der Waals surface area (Å²) in [5.41, 5.74) is 0.753. The third kappa shape index (κ3) is 2.33. The highest BCUT2D eigenvalue weighted by Gasteiger charge is 2.37. The van der Waals surface area contributed by atoms with Gasteiger partial charge in [0, 0.05) is 10.6 Å². The molecule has 0 unspecified atom stereocenters. The SMILES string of the molecule is C[C@H](C(=O)[O-])N1C(=O)CS[C@@H]1c1ccccc1Cl. The molecule has 1 heterocycles. The molecule has 1 fully saturated rings. The first-order chi connectivity index (χ1) is 8.52. The summed E-state index contributed by atoms with van der Waals surface area (Å²) in [7, 11) is 0. The minimum absolute atomic E-state index is 0.207. The molecule has 0 aromatic heterocycles. The Morgan fingerprint density at radius 1 is 1.56 bits per heavy atom. The Labute approximate surface area is 114 Å². The van der Waals surface area contributed by atoms with E-state index >= 15 is 0 Å². The number of halogens is 1. The Hall–Kier alpha value is -1.20. The van der Waals surface area contributed by atoms with E-state index in [2.05, 4.69) is 0 Å². The molecule has 0 saturated carbocycles. The molecule has 6 heteroatoms. The number of aliphatic carboxylic acids is 1. The molecule has 1 aromatic carbocycles. The normalized spacial score (nSPS) is 21.1. The molecule has 0 radical (unpaired) electrons. The van der Waals surface area contributed by atoms with Crippen LogP contribution in [0.2, 0.25) is 5.02 Å². The van der Waals surface area contributed by atoms with E-state index in [4.69, 9.17) is 11.6 Å². The van der Waals surface area contributed by atoms with Gasteiger partial charge in [0.15, 0.2) is 0 Å². The Bertz CT molecular complexity index is 494. The first kappa shape index (κ1) is 13.2. The predicted octanol–water partition coefficient (Wildman–Crippen LogP) is 1.05. The van der Waals surface area contributed by atoms with Gasteiger partial charge < -0.3 is 14.8 Å². The van der Waals surface area contributed by atoms with Crippen molar-refractivity contribution < 1.29 is 14.7 Å². The molecule has 18 heavy (non-hydrogen) atoms. The van der Waals surface area contributed by atoms with Crippen molar-refractivity contribution in [2.45, 2.75) is 18.3 Å². The molecule has 1 aliphatic rings. The molecule has 2 atom stereocenters. The molecule has 96 valence electrons. The maximum Gasteiger partial charge on any atom is 0.234 e. The second-order valence-electron chi connectivity index (χ2n) is 3.98. The average Bonchev–Trinajstić information content (AvgIpc) is 2.70. The molecular formula is C12H11ClNO3S-. The second kappa shape index (κ2) is 5.20. The Morgan fingerprint density at radius 3 is 2.83 bits per heavy atom. The fraction of sp³-hybridized carbons (Fsp3) is 0.333. The van der Waals surface area contributed by atoms with Gasteiger partial charge in [-0.3, -0.25) is 4.79 Å². The number of thioether (sulfide) groups is 1. The third-order valence-electron chi connectivity index (χ3n) is 2.83. The van der Waals surface area contributed by atoms with Gasteiger partial charge in [-0.15, -0.1) is 11.8 Å². The number of carboxylic acids is 1. The van der Waals surface area contributed by atoms with E-state index in [1.54, 1.807) is 18.2 Å². The van der Waals surface area contributed by atoms with Crippen molar-refractivity contribution >= 4 is 35.2 Å². The average molecular weight is 285 g/mol. The first-order valence-electron chi connectivity index (χ1n) is 5.40. The van der Waals surface area contributed by atoms with Crippen LogP contribution in [0.3, 0.4) is 0 Å². The highest BCUT2D eigenvalue weighted by molar-refractivity contribution is 8.00. The van der Waals surface area contributed by atoms with Crippen LogP contribution in [0.15, 0.2) is 24.3 Å². The summed E-state index contributed by atoms with van der Waals surface area (Å²) in [4.78, 5) is 24.1. The van der Waals surface area contributed by atoms with E-state index in [1.165, 1.54) is 23.6 Å². The summed E-state index contributed by atoms with van der Waals surface area (Å²) in [5.74, 6) is -1.21. The first-order valence-corrected chi connectivity index (χ1v) is 6.83. The molecular weight excluding hydrogens is 274 g/mol. The number of rotatable bonds is 3. The van der Waals surface area contributed by atoms with E-state index in [0.29, 0.717) is 5.02 Å². The van der Waals surface area contributed by atoms with Crippen molar-refractivity contribution in [3.05, 3.63) is 34.9 Å². The standard InChI is InChI=1S/C12H12ClNO3S/c1-7(12(16)17)14-10(15)6-18-11(14)8-4-2-3-5-9(8)13/h2-5,7,11H,6H2,1H3,(H,16,17)/p-1/t7-,11-/m1/s1. The van der Waals surface area contributed by atoms with Crippen LogP contribution in [-0.4, -0.2) is 28.6 Å². The molecule has 1 aromatic rings. The predicted molar refractivity (Wildman–Crippen MR) is 68.0 cm³/mol. The summed E-state index contributed by atoms with van der Waals surface area (Å²) in [5, 5.41) is 11.1. The zero-order valence-corrected chi connectivity index (χ0v) is 11.2. The van der Waals surface area contributed by atoms with Gasteiger partial charge in [-0.25, -0.2) is 0 Å². The Morgan fingerprint density at radius 2 is 2.22 bits per heavy atom.